The van der Waals surface area contributed by atoms with Crippen LogP contribution in [0.3, 0.4) is 0 Å². The Bertz CT molecular complexity index is 887. The molecule has 0 fully saturated rings. The van der Waals surface area contributed by atoms with Gasteiger partial charge in [0.05, 0.1) is 23.4 Å². The maximum absolute atomic E-state index is 10.3. The van der Waals surface area contributed by atoms with Crippen LogP contribution in [-0.2, 0) is 0 Å². The summed E-state index contributed by atoms with van der Waals surface area (Å²) in [4.78, 5) is 4.49. The molecule has 4 heteroatoms. The van der Waals surface area contributed by atoms with E-state index in [-0.39, 0.29) is 11.5 Å². The van der Waals surface area contributed by atoms with Crippen LogP contribution >= 0.6 is 0 Å². The lowest BCUT2D eigenvalue weighted by Crippen LogP contribution is -1.95. The van der Waals surface area contributed by atoms with Crippen LogP contribution in [0.25, 0.3) is 22.7 Å². The van der Waals surface area contributed by atoms with Crippen LogP contribution in [0, 0.1) is 0 Å². The maximum atomic E-state index is 10.3. The van der Waals surface area contributed by atoms with Gasteiger partial charge in [0.15, 0.2) is 0 Å². The first kappa shape index (κ1) is 15.9. The van der Waals surface area contributed by atoms with Crippen molar-refractivity contribution in [1.82, 2.24) is 4.98 Å². The van der Waals surface area contributed by atoms with Crippen LogP contribution < -0.4 is 4.74 Å². The van der Waals surface area contributed by atoms with Gasteiger partial charge in [0.1, 0.15) is 17.3 Å². The average molecular weight is 321 g/mol. The Labute approximate surface area is 140 Å². The van der Waals surface area contributed by atoms with Gasteiger partial charge in [0.2, 0.25) is 0 Å². The number of nitrogens with zero attached hydrogens (tertiary/aromatic N) is 1. The van der Waals surface area contributed by atoms with Gasteiger partial charge in [0, 0.05) is 17.5 Å². The molecule has 1 aromatic heterocycles. The van der Waals surface area contributed by atoms with Crippen LogP contribution in [0.1, 0.15) is 24.6 Å². The number of aliphatic hydroxyl groups is 1. The molecule has 3 rings (SSSR count). The van der Waals surface area contributed by atoms with Crippen LogP contribution in [0.15, 0.2) is 54.6 Å². The standard InChI is InChI=1S/C20H19NO3/c1-2-11-24-16-9-10-17(20(23)13-16)19(22)12-15-8-7-14-5-3-4-6-18(14)21-15/h3-10,12-13,22-23H,2,11H2,1H3. The Balaban J connectivity index is 1.89. The van der Waals surface area contributed by atoms with Crippen molar-refractivity contribution >= 4 is 22.7 Å². The van der Waals surface area contributed by atoms with Gasteiger partial charge in [0.25, 0.3) is 0 Å². The molecule has 2 N–H and O–H groups in total. The largest absolute Gasteiger partial charge is 0.507 e. The van der Waals surface area contributed by atoms with Gasteiger partial charge in [-0.2, -0.15) is 0 Å². The molecule has 0 spiro atoms. The second-order valence-electron chi connectivity index (χ2n) is 5.49. The number of para-hydroxylation sites is 1. The molecule has 2 aromatic carbocycles. The van der Waals surface area contributed by atoms with Crippen molar-refractivity contribution in [2.45, 2.75) is 13.3 Å². The van der Waals surface area contributed by atoms with E-state index in [9.17, 15) is 10.2 Å². The fraction of sp³-hybridized carbons (Fsp3) is 0.150. The highest BCUT2D eigenvalue weighted by atomic mass is 16.5. The maximum Gasteiger partial charge on any atom is 0.130 e. The molecule has 0 bridgehead atoms. The van der Waals surface area contributed by atoms with Crippen molar-refractivity contribution in [2.75, 3.05) is 6.61 Å². The van der Waals surface area contributed by atoms with Crippen molar-refractivity contribution in [3.8, 4) is 11.5 Å². The van der Waals surface area contributed by atoms with E-state index in [0.29, 0.717) is 23.6 Å². The lowest BCUT2D eigenvalue weighted by atomic mass is 10.1. The summed E-state index contributed by atoms with van der Waals surface area (Å²) in [7, 11) is 0. The molecular weight excluding hydrogens is 302 g/mol. The third-order valence-electron chi connectivity index (χ3n) is 3.62. The fourth-order valence-electron chi connectivity index (χ4n) is 2.42. The molecule has 0 aliphatic carbocycles. The molecule has 0 radical (unpaired) electrons. The number of pyridine rings is 1. The van der Waals surface area contributed by atoms with Gasteiger partial charge in [-0.25, -0.2) is 4.98 Å². The van der Waals surface area contributed by atoms with E-state index in [2.05, 4.69) is 4.98 Å². The predicted octanol–water partition coefficient (Wildman–Crippen LogP) is 4.79. The van der Waals surface area contributed by atoms with Crippen molar-refractivity contribution in [1.29, 1.82) is 0 Å². The SMILES string of the molecule is CCCOc1ccc(C(O)=Cc2ccc3ccccc3n2)c(O)c1. The summed E-state index contributed by atoms with van der Waals surface area (Å²) in [6, 6.07) is 16.4. The minimum atomic E-state index is -0.0441. The van der Waals surface area contributed by atoms with Crippen LogP contribution in [0.5, 0.6) is 11.5 Å². The first-order chi connectivity index (χ1) is 11.7. The molecule has 0 saturated carbocycles. The Morgan fingerprint density at radius 1 is 1.12 bits per heavy atom. The summed E-state index contributed by atoms with van der Waals surface area (Å²) in [5.74, 6) is 0.505. The molecular formula is C20H19NO3. The summed E-state index contributed by atoms with van der Waals surface area (Å²) >= 11 is 0. The molecule has 0 aliphatic heterocycles. The zero-order valence-corrected chi connectivity index (χ0v) is 13.4. The molecule has 0 unspecified atom stereocenters. The number of fused-ring (bicyclic) bond motifs is 1. The van der Waals surface area contributed by atoms with Gasteiger partial charge in [-0.15, -0.1) is 0 Å². The van der Waals surface area contributed by atoms with E-state index >= 15 is 0 Å². The number of hydrogen-bond donors (Lipinski definition) is 2. The number of aromatic nitrogens is 1. The molecule has 0 aliphatic rings. The summed E-state index contributed by atoms with van der Waals surface area (Å²) in [6.45, 7) is 2.60. The summed E-state index contributed by atoms with van der Waals surface area (Å²) < 4.78 is 5.46. The molecule has 0 amide bonds. The average Bonchev–Trinajstić information content (AvgIpc) is 2.59. The Morgan fingerprint density at radius 2 is 1.96 bits per heavy atom. The number of phenols is 1. The number of phenolic OH excluding ortho intramolecular Hbond substituents is 1. The van der Waals surface area contributed by atoms with E-state index in [1.54, 1.807) is 12.1 Å². The second-order valence-corrected chi connectivity index (χ2v) is 5.49. The van der Waals surface area contributed by atoms with Gasteiger partial charge in [-0.3, -0.25) is 0 Å². The van der Waals surface area contributed by atoms with Crippen molar-refractivity contribution in [2.24, 2.45) is 0 Å². The minimum absolute atomic E-state index is 0.0295. The van der Waals surface area contributed by atoms with Crippen molar-refractivity contribution in [3.63, 3.8) is 0 Å². The molecule has 1 heterocycles. The number of ether oxygens (including phenoxy) is 1. The van der Waals surface area contributed by atoms with E-state index in [1.807, 2.05) is 43.3 Å². The summed E-state index contributed by atoms with van der Waals surface area (Å²) in [6.07, 6.45) is 2.43. The minimum Gasteiger partial charge on any atom is -0.507 e. The smallest absolute Gasteiger partial charge is 0.130 e. The third kappa shape index (κ3) is 3.49. The predicted molar refractivity (Wildman–Crippen MR) is 96.1 cm³/mol. The van der Waals surface area contributed by atoms with Gasteiger partial charge in [-0.1, -0.05) is 31.2 Å². The molecule has 0 atom stereocenters. The van der Waals surface area contributed by atoms with E-state index in [0.717, 1.165) is 17.3 Å². The molecule has 3 aromatic rings. The molecule has 24 heavy (non-hydrogen) atoms. The Kier molecular flexibility index (Phi) is 4.66. The first-order valence-electron chi connectivity index (χ1n) is 7.90. The highest BCUT2D eigenvalue weighted by Crippen LogP contribution is 2.29. The number of benzene rings is 2. The normalized spacial score (nSPS) is 11.6. The first-order valence-corrected chi connectivity index (χ1v) is 7.90. The number of aromatic hydroxyl groups is 1. The monoisotopic (exact) mass is 321 g/mol. The molecule has 0 saturated heterocycles. The third-order valence-corrected chi connectivity index (χ3v) is 3.62. The molecule has 4 nitrogen and oxygen atoms in total. The second kappa shape index (κ2) is 7.04. The highest BCUT2D eigenvalue weighted by molar-refractivity contribution is 5.83. The van der Waals surface area contributed by atoms with E-state index in [1.165, 1.54) is 12.1 Å². The lowest BCUT2D eigenvalue weighted by Gasteiger charge is -2.08. The molecule has 122 valence electrons. The number of hydrogen-bond acceptors (Lipinski definition) is 4. The number of rotatable bonds is 5. The lowest BCUT2D eigenvalue weighted by molar-refractivity contribution is 0.315. The van der Waals surface area contributed by atoms with Gasteiger partial charge >= 0.3 is 0 Å². The summed E-state index contributed by atoms with van der Waals surface area (Å²) in [5.41, 5.74) is 1.82. The van der Waals surface area contributed by atoms with Crippen molar-refractivity contribution < 1.29 is 14.9 Å². The van der Waals surface area contributed by atoms with E-state index < -0.39 is 0 Å². The summed E-state index contributed by atoms with van der Waals surface area (Å²) in [5, 5.41) is 21.5. The van der Waals surface area contributed by atoms with Crippen molar-refractivity contribution in [3.05, 3.63) is 65.9 Å². The topological polar surface area (TPSA) is 62.6 Å². The van der Waals surface area contributed by atoms with Gasteiger partial charge < -0.3 is 14.9 Å². The Morgan fingerprint density at radius 3 is 2.75 bits per heavy atom. The van der Waals surface area contributed by atoms with Crippen LogP contribution in [0.4, 0.5) is 0 Å². The van der Waals surface area contributed by atoms with Crippen LogP contribution in [0.2, 0.25) is 0 Å². The van der Waals surface area contributed by atoms with Gasteiger partial charge in [-0.05, 0) is 30.7 Å². The highest BCUT2D eigenvalue weighted by Gasteiger charge is 2.08. The van der Waals surface area contributed by atoms with Crippen LogP contribution in [-0.4, -0.2) is 21.8 Å². The Hall–Kier alpha value is -3.01. The zero-order valence-electron chi connectivity index (χ0n) is 13.4. The zero-order chi connectivity index (χ0) is 16.9. The number of aliphatic hydroxyl groups excluding tert-OH is 1. The quantitative estimate of drug-likeness (QED) is 0.664. The van der Waals surface area contributed by atoms with E-state index in [4.69, 9.17) is 4.74 Å². The fourth-order valence-corrected chi connectivity index (χ4v) is 2.42.